The monoisotopic (exact) mass is 286 g/mol. The Bertz CT molecular complexity index is 360. The van der Waals surface area contributed by atoms with Crippen molar-refractivity contribution in [1.29, 1.82) is 0 Å². The maximum Gasteiger partial charge on any atom is 0.239 e. The lowest BCUT2D eigenvalue weighted by Gasteiger charge is -2.17. The van der Waals surface area contributed by atoms with Crippen LogP contribution in [0.15, 0.2) is 30.3 Å². The van der Waals surface area contributed by atoms with E-state index in [1.807, 2.05) is 44.2 Å². The molecule has 1 amide bonds. The van der Waals surface area contributed by atoms with E-state index in [0.717, 1.165) is 12.1 Å². The largest absolute Gasteiger partial charge is 0.391 e. The van der Waals surface area contributed by atoms with Crippen LogP contribution in [0.2, 0.25) is 0 Å². The molecule has 2 atom stereocenters. The van der Waals surface area contributed by atoms with Crippen LogP contribution in [-0.2, 0) is 4.79 Å². The SMILES string of the molecule is CCC(C)C(O)CNC(=O)CNc1ccccc1.Cl. The van der Waals surface area contributed by atoms with Crippen molar-refractivity contribution in [1.82, 2.24) is 5.32 Å². The van der Waals surface area contributed by atoms with Gasteiger partial charge in [-0.3, -0.25) is 4.79 Å². The zero-order valence-corrected chi connectivity index (χ0v) is 12.2. The van der Waals surface area contributed by atoms with Crippen LogP contribution in [0, 0.1) is 5.92 Å². The van der Waals surface area contributed by atoms with Crippen LogP contribution >= 0.6 is 12.4 Å². The molecule has 0 aliphatic heterocycles. The van der Waals surface area contributed by atoms with E-state index >= 15 is 0 Å². The number of para-hydroxylation sites is 1. The first-order chi connectivity index (χ1) is 8.63. The van der Waals surface area contributed by atoms with E-state index in [1.165, 1.54) is 0 Å². The lowest BCUT2D eigenvalue weighted by Crippen LogP contribution is -2.38. The van der Waals surface area contributed by atoms with E-state index in [9.17, 15) is 9.90 Å². The summed E-state index contributed by atoms with van der Waals surface area (Å²) < 4.78 is 0. The summed E-state index contributed by atoms with van der Waals surface area (Å²) >= 11 is 0. The van der Waals surface area contributed by atoms with E-state index < -0.39 is 6.10 Å². The molecule has 5 heteroatoms. The Hall–Kier alpha value is -1.26. The summed E-state index contributed by atoms with van der Waals surface area (Å²) in [5, 5.41) is 15.5. The van der Waals surface area contributed by atoms with E-state index in [0.29, 0.717) is 6.54 Å². The first-order valence-corrected chi connectivity index (χ1v) is 6.37. The summed E-state index contributed by atoms with van der Waals surface area (Å²) in [7, 11) is 0. The van der Waals surface area contributed by atoms with Gasteiger partial charge in [0.25, 0.3) is 0 Å². The van der Waals surface area contributed by atoms with Crippen molar-refractivity contribution >= 4 is 24.0 Å². The van der Waals surface area contributed by atoms with E-state index in [2.05, 4.69) is 10.6 Å². The Labute approximate surface area is 121 Å². The van der Waals surface area contributed by atoms with Crippen molar-refractivity contribution < 1.29 is 9.90 Å². The molecule has 108 valence electrons. The second-order valence-corrected chi connectivity index (χ2v) is 4.48. The summed E-state index contributed by atoms with van der Waals surface area (Å²) in [6.07, 6.45) is 0.426. The molecule has 1 aromatic rings. The number of anilines is 1. The van der Waals surface area contributed by atoms with Crippen LogP contribution in [0.1, 0.15) is 20.3 Å². The summed E-state index contributed by atoms with van der Waals surface area (Å²) in [4.78, 5) is 11.5. The number of aliphatic hydroxyl groups is 1. The van der Waals surface area contributed by atoms with Gasteiger partial charge in [0.15, 0.2) is 0 Å². The number of nitrogens with one attached hydrogen (secondary N) is 2. The van der Waals surface area contributed by atoms with Gasteiger partial charge in [-0.25, -0.2) is 0 Å². The number of hydrogen-bond donors (Lipinski definition) is 3. The Morgan fingerprint density at radius 3 is 2.53 bits per heavy atom. The summed E-state index contributed by atoms with van der Waals surface area (Å²) in [5.74, 6) is 0.0913. The summed E-state index contributed by atoms with van der Waals surface area (Å²) in [6.45, 7) is 4.52. The molecular weight excluding hydrogens is 264 g/mol. The smallest absolute Gasteiger partial charge is 0.239 e. The van der Waals surface area contributed by atoms with Crippen LogP contribution in [0.3, 0.4) is 0 Å². The number of benzene rings is 1. The molecular formula is C14H23ClN2O2. The first kappa shape index (κ1) is 17.7. The number of carbonyl (C=O) groups excluding carboxylic acids is 1. The van der Waals surface area contributed by atoms with Crippen molar-refractivity contribution in [3.05, 3.63) is 30.3 Å². The highest BCUT2D eigenvalue weighted by Gasteiger charge is 2.12. The molecule has 0 radical (unpaired) electrons. The molecule has 2 unspecified atom stereocenters. The molecule has 3 N–H and O–H groups in total. The lowest BCUT2D eigenvalue weighted by molar-refractivity contribution is -0.120. The Kier molecular flexibility index (Phi) is 9.00. The highest BCUT2D eigenvalue weighted by Crippen LogP contribution is 2.06. The number of amides is 1. The standard InChI is InChI=1S/C14H22N2O2.ClH/c1-3-11(2)13(17)9-16-14(18)10-15-12-7-5-4-6-8-12;/h4-8,11,13,15,17H,3,9-10H2,1-2H3,(H,16,18);1H. The molecule has 0 aliphatic carbocycles. The first-order valence-electron chi connectivity index (χ1n) is 6.37. The second-order valence-electron chi connectivity index (χ2n) is 4.48. The van der Waals surface area contributed by atoms with Crippen LogP contribution in [-0.4, -0.2) is 30.2 Å². The lowest BCUT2D eigenvalue weighted by atomic mass is 10.0. The topological polar surface area (TPSA) is 61.4 Å². The van der Waals surface area contributed by atoms with Crippen molar-refractivity contribution in [3.8, 4) is 0 Å². The fraction of sp³-hybridized carbons (Fsp3) is 0.500. The third-order valence-electron chi connectivity index (χ3n) is 3.04. The van der Waals surface area contributed by atoms with Gasteiger partial charge in [0.2, 0.25) is 5.91 Å². The van der Waals surface area contributed by atoms with E-state index in [4.69, 9.17) is 0 Å². The zero-order valence-electron chi connectivity index (χ0n) is 11.4. The van der Waals surface area contributed by atoms with Gasteiger partial charge >= 0.3 is 0 Å². The molecule has 1 aromatic carbocycles. The van der Waals surface area contributed by atoms with Gasteiger partial charge in [0, 0.05) is 12.2 Å². The van der Waals surface area contributed by atoms with E-state index in [1.54, 1.807) is 0 Å². The predicted molar refractivity (Wildman–Crippen MR) is 80.7 cm³/mol. The summed E-state index contributed by atoms with van der Waals surface area (Å²) in [6, 6.07) is 9.55. The molecule has 0 heterocycles. The second kappa shape index (κ2) is 9.64. The fourth-order valence-corrected chi connectivity index (χ4v) is 1.49. The molecule has 0 saturated heterocycles. The molecule has 1 rings (SSSR count). The average Bonchev–Trinajstić information content (AvgIpc) is 2.42. The minimum Gasteiger partial charge on any atom is -0.391 e. The average molecular weight is 287 g/mol. The quantitative estimate of drug-likeness (QED) is 0.719. The maximum absolute atomic E-state index is 11.5. The minimum atomic E-state index is -0.476. The Balaban J connectivity index is 0.00000324. The van der Waals surface area contributed by atoms with Crippen LogP contribution in [0.25, 0.3) is 0 Å². The minimum absolute atomic E-state index is 0. The highest BCUT2D eigenvalue weighted by molar-refractivity contribution is 5.85. The van der Waals surface area contributed by atoms with Crippen LogP contribution in [0.5, 0.6) is 0 Å². The molecule has 19 heavy (non-hydrogen) atoms. The van der Waals surface area contributed by atoms with Gasteiger partial charge < -0.3 is 15.7 Å². The summed E-state index contributed by atoms with van der Waals surface area (Å²) in [5.41, 5.74) is 0.912. The van der Waals surface area contributed by atoms with Crippen molar-refractivity contribution in [2.45, 2.75) is 26.4 Å². The molecule has 0 aliphatic rings. The molecule has 0 spiro atoms. The number of hydrogen-bond acceptors (Lipinski definition) is 3. The van der Waals surface area contributed by atoms with Gasteiger partial charge in [0.1, 0.15) is 0 Å². The van der Waals surface area contributed by atoms with Crippen molar-refractivity contribution in [3.63, 3.8) is 0 Å². The van der Waals surface area contributed by atoms with Crippen molar-refractivity contribution in [2.24, 2.45) is 5.92 Å². The zero-order chi connectivity index (χ0) is 13.4. The third kappa shape index (κ3) is 7.03. The van der Waals surface area contributed by atoms with E-state index in [-0.39, 0.29) is 30.8 Å². The molecule has 0 bridgehead atoms. The van der Waals surface area contributed by atoms with Gasteiger partial charge in [-0.15, -0.1) is 12.4 Å². The predicted octanol–water partition coefficient (Wildman–Crippen LogP) is 2.04. The van der Waals surface area contributed by atoms with Gasteiger partial charge in [-0.05, 0) is 18.1 Å². The van der Waals surface area contributed by atoms with Crippen LogP contribution in [0.4, 0.5) is 5.69 Å². The third-order valence-corrected chi connectivity index (χ3v) is 3.04. The van der Waals surface area contributed by atoms with Gasteiger partial charge in [-0.1, -0.05) is 38.5 Å². The number of halogens is 1. The Morgan fingerprint density at radius 1 is 1.32 bits per heavy atom. The van der Waals surface area contributed by atoms with Gasteiger partial charge in [-0.2, -0.15) is 0 Å². The molecule has 0 fully saturated rings. The normalized spacial score (nSPS) is 13.0. The molecule has 4 nitrogen and oxygen atoms in total. The highest BCUT2D eigenvalue weighted by atomic mass is 35.5. The van der Waals surface area contributed by atoms with Crippen molar-refractivity contribution in [2.75, 3.05) is 18.4 Å². The molecule has 0 aromatic heterocycles. The Morgan fingerprint density at radius 2 is 1.95 bits per heavy atom. The number of carbonyl (C=O) groups is 1. The van der Waals surface area contributed by atoms with Gasteiger partial charge in [0.05, 0.1) is 12.6 Å². The molecule has 0 saturated carbocycles. The number of aliphatic hydroxyl groups excluding tert-OH is 1. The number of rotatable bonds is 7. The van der Waals surface area contributed by atoms with Crippen LogP contribution < -0.4 is 10.6 Å². The maximum atomic E-state index is 11.5. The fourth-order valence-electron chi connectivity index (χ4n) is 1.49.